The summed E-state index contributed by atoms with van der Waals surface area (Å²) in [4.78, 5) is 12.3. The summed E-state index contributed by atoms with van der Waals surface area (Å²) >= 11 is 0. The highest BCUT2D eigenvalue weighted by Crippen LogP contribution is 2.59. The van der Waals surface area contributed by atoms with Gasteiger partial charge in [-0.2, -0.15) is 0 Å². The maximum atomic E-state index is 12.3. The van der Waals surface area contributed by atoms with Crippen molar-refractivity contribution in [2.24, 2.45) is 17.3 Å². The second-order valence-corrected chi connectivity index (χ2v) is 7.22. The minimum absolute atomic E-state index is 0.0322. The van der Waals surface area contributed by atoms with Crippen LogP contribution in [0.2, 0.25) is 0 Å². The van der Waals surface area contributed by atoms with Crippen molar-refractivity contribution in [3.63, 3.8) is 0 Å². The predicted octanol–water partition coefficient (Wildman–Crippen LogP) is 3.82. The molecule has 0 aliphatic heterocycles. The minimum atomic E-state index is -0.0322. The fraction of sp³-hybridized carbons (Fsp3) is 0.611. The van der Waals surface area contributed by atoms with Crippen molar-refractivity contribution < 1.29 is 9.90 Å². The number of aromatic hydroxyl groups is 1. The Labute approximate surface area is 120 Å². The number of phenols is 1. The average molecular weight is 270 g/mol. The Morgan fingerprint density at radius 3 is 2.90 bits per heavy atom. The number of hydrogen-bond donors (Lipinski definition) is 1. The quantitative estimate of drug-likeness (QED) is 0.778. The van der Waals surface area contributed by atoms with E-state index in [1.165, 1.54) is 17.5 Å². The van der Waals surface area contributed by atoms with Gasteiger partial charge >= 0.3 is 0 Å². The van der Waals surface area contributed by atoms with E-state index in [2.05, 4.69) is 13.0 Å². The van der Waals surface area contributed by atoms with Gasteiger partial charge in [0.2, 0.25) is 0 Å². The minimum Gasteiger partial charge on any atom is -0.508 e. The van der Waals surface area contributed by atoms with E-state index in [1.807, 2.05) is 12.1 Å². The molecule has 1 aromatic carbocycles. The summed E-state index contributed by atoms with van der Waals surface area (Å²) in [5, 5.41) is 9.67. The van der Waals surface area contributed by atoms with Crippen molar-refractivity contribution in [3.05, 3.63) is 29.3 Å². The van der Waals surface area contributed by atoms with Crippen molar-refractivity contribution in [1.29, 1.82) is 0 Å². The molecule has 2 saturated carbocycles. The maximum Gasteiger partial charge on any atom is 0.139 e. The van der Waals surface area contributed by atoms with Gasteiger partial charge < -0.3 is 5.11 Å². The summed E-state index contributed by atoms with van der Waals surface area (Å²) < 4.78 is 0. The van der Waals surface area contributed by atoms with E-state index in [-0.39, 0.29) is 5.41 Å². The van der Waals surface area contributed by atoms with Crippen LogP contribution in [0, 0.1) is 17.3 Å². The number of rotatable bonds is 0. The van der Waals surface area contributed by atoms with Crippen LogP contribution in [0.1, 0.15) is 56.1 Å². The van der Waals surface area contributed by atoms with E-state index in [4.69, 9.17) is 0 Å². The summed E-state index contributed by atoms with van der Waals surface area (Å²) in [5.41, 5.74) is 2.75. The van der Waals surface area contributed by atoms with Crippen LogP contribution < -0.4 is 0 Å². The highest BCUT2D eigenvalue weighted by molar-refractivity contribution is 5.87. The van der Waals surface area contributed by atoms with Gasteiger partial charge in [-0.1, -0.05) is 13.0 Å². The van der Waals surface area contributed by atoms with Crippen molar-refractivity contribution >= 4 is 5.78 Å². The molecule has 0 radical (unpaired) electrons. The summed E-state index contributed by atoms with van der Waals surface area (Å²) in [6.07, 6.45) is 6.34. The first-order valence-corrected chi connectivity index (χ1v) is 7.95. The van der Waals surface area contributed by atoms with E-state index in [0.717, 1.165) is 32.1 Å². The zero-order valence-electron chi connectivity index (χ0n) is 12.1. The van der Waals surface area contributed by atoms with Crippen molar-refractivity contribution in [1.82, 2.24) is 0 Å². The largest absolute Gasteiger partial charge is 0.508 e. The predicted molar refractivity (Wildman–Crippen MR) is 77.7 cm³/mol. The van der Waals surface area contributed by atoms with Crippen molar-refractivity contribution in [2.75, 3.05) is 0 Å². The molecule has 0 heterocycles. The molecular formula is C18H22O2. The SMILES string of the molecule is C[C@@]12CC[C@H]3c4ccc(O)cc4CC[C@@H]3[C@@H]1CCC2=O. The fourth-order valence-corrected chi connectivity index (χ4v) is 5.34. The van der Waals surface area contributed by atoms with Crippen LogP contribution in [0.25, 0.3) is 0 Å². The van der Waals surface area contributed by atoms with Crippen LogP contribution in [-0.2, 0) is 11.2 Å². The molecule has 0 aromatic heterocycles. The topological polar surface area (TPSA) is 37.3 Å². The van der Waals surface area contributed by atoms with Crippen LogP contribution in [0.5, 0.6) is 5.75 Å². The molecule has 0 spiro atoms. The number of benzene rings is 1. The van der Waals surface area contributed by atoms with Crippen LogP contribution in [0.3, 0.4) is 0 Å². The van der Waals surface area contributed by atoms with Gasteiger partial charge in [-0.05, 0) is 73.1 Å². The Balaban J connectivity index is 1.73. The Morgan fingerprint density at radius 1 is 1.20 bits per heavy atom. The Morgan fingerprint density at radius 2 is 2.05 bits per heavy atom. The standard InChI is InChI=1S/C18H22O2/c1-18-9-8-14-13-5-3-12(19)10-11(13)2-4-15(14)16(18)6-7-17(18)20/h3,5,10,14-16,19H,2,4,6-9H2,1H3/t14-,15-,16-,18+/m0/s1. The average Bonchev–Trinajstić information content (AvgIpc) is 2.74. The first-order chi connectivity index (χ1) is 9.59. The second kappa shape index (κ2) is 4.09. The van der Waals surface area contributed by atoms with E-state index in [9.17, 15) is 9.90 Å². The lowest BCUT2D eigenvalue weighted by Crippen LogP contribution is -2.42. The molecule has 0 saturated heterocycles. The third-order valence-electron chi connectivity index (χ3n) is 6.42. The van der Waals surface area contributed by atoms with Gasteiger partial charge in [-0.25, -0.2) is 0 Å². The number of carbonyl (C=O) groups excluding carboxylic acids is 1. The molecule has 1 N–H and O–H groups in total. The van der Waals surface area contributed by atoms with Crippen molar-refractivity contribution in [3.8, 4) is 5.75 Å². The molecule has 4 atom stereocenters. The molecular weight excluding hydrogens is 248 g/mol. The van der Waals surface area contributed by atoms with E-state index in [1.54, 1.807) is 0 Å². The highest BCUT2D eigenvalue weighted by Gasteiger charge is 2.54. The molecule has 3 aliphatic rings. The molecule has 106 valence electrons. The van der Waals surface area contributed by atoms with Crippen LogP contribution in [-0.4, -0.2) is 10.9 Å². The number of carbonyl (C=O) groups is 1. The van der Waals surface area contributed by atoms with Gasteiger partial charge in [-0.3, -0.25) is 4.79 Å². The summed E-state index contributed by atoms with van der Waals surface area (Å²) in [6.45, 7) is 2.22. The lowest BCUT2D eigenvalue weighted by Gasteiger charge is -2.48. The lowest BCUT2D eigenvalue weighted by molar-refractivity contribution is -0.129. The zero-order valence-corrected chi connectivity index (χ0v) is 12.1. The van der Waals surface area contributed by atoms with Crippen LogP contribution in [0.15, 0.2) is 18.2 Å². The summed E-state index contributed by atoms with van der Waals surface area (Å²) in [7, 11) is 0. The molecule has 2 heteroatoms. The lowest BCUT2D eigenvalue weighted by atomic mass is 9.55. The van der Waals surface area contributed by atoms with Gasteiger partial charge in [0, 0.05) is 11.8 Å². The van der Waals surface area contributed by atoms with Gasteiger partial charge in [0.1, 0.15) is 11.5 Å². The van der Waals surface area contributed by atoms with Crippen molar-refractivity contribution in [2.45, 2.75) is 51.4 Å². The Hall–Kier alpha value is -1.31. The molecule has 0 amide bonds. The zero-order chi connectivity index (χ0) is 13.9. The molecule has 4 rings (SSSR count). The number of ketones is 1. The van der Waals surface area contributed by atoms with Gasteiger partial charge in [-0.15, -0.1) is 0 Å². The first kappa shape index (κ1) is 12.4. The molecule has 20 heavy (non-hydrogen) atoms. The van der Waals surface area contributed by atoms with Crippen LogP contribution in [0.4, 0.5) is 0 Å². The Kier molecular flexibility index (Phi) is 2.55. The monoisotopic (exact) mass is 270 g/mol. The number of aryl methyl sites for hydroxylation is 1. The normalized spacial score (nSPS) is 39.0. The molecule has 0 unspecified atom stereocenters. The highest BCUT2D eigenvalue weighted by atomic mass is 16.3. The Bertz CT molecular complexity index is 577. The van der Waals surface area contributed by atoms with Gasteiger partial charge in [0.05, 0.1) is 0 Å². The molecule has 0 bridgehead atoms. The van der Waals surface area contributed by atoms with E-state index >= 15 is 0 Å². The number of Topliss-reactive ketones (excluding diaryl/α,β-unsaturated/α-hetero) is 1. The molecule has 2 nitrogen and oxygen atoms in total. The van der Waals surface area contributed by atoms with E-state index in [0.29, 0.717) is 29.3 Å². The number of fused-ring (bicyclic) bond motifs is 5. The second-order valence-electron chi connectivity index (χ2n) is 7.22. The molecule has 1 aromatic rings. The fourth-order valence-electron chi connectivity index (χ4n) is 5.34. The van der Waals surface area contributed by atoms with E-state index < -0.39 is 0 Å². The molecule has 3 aliphatic carbocycles. The number of hydrogen-bond acceptors (Lipinski definition) is 2. The maximum absolute atomic E-state index is 12.3. The number of phenolic OH excluding ortho intramolecular Hbond substituents is 1. The van der Waals surface area contributed by atoms with Gasteiger partial charge in [0.25, 0.3) is 0 Å². The summed E-state index contributed by atoms with van der Waals surface area (Å²) in [5.74, 6) is 2.78. The summed E-state index contributed by atoms with van der Waals surface area (Å²) in [6, 6.07) is 5.90. The third kappa shape index (κ3) is 1.54. The first-order valence-electron chi connectivity index (χ1n) is 7.95. The smallest absolute Gasteiger partial charge is 0.139 e. The third-order valence-corrected chi connectivity index (χ3v) is 6.42. The molecule has 2 fully saturated rings. The van der Waals surface area contributed by atoms with Gasteiger partial charge in [0.15, 0.2) is 0 Å². The van der Waals surface area contributed by atoms with Crippen LogP contribution >= 0.6 is 0 Å².